The highest BCUT2D eigenvalue weighted by Crippen LogP contribution is 2.34. The van der Waals surface area contributed by atoms with E-state index < -0.39 is 0 Å². The molecule has 0 atom stereocenters. The van der Waals surface area contributed by atoms with Gasteiger partial charge in [-0.3, -0.25) is 19.2 Å². The van der Waals surface area contributed by atoms with Crippen LogP contribution in [0.25, 0.3) is 44.8 Å². The van der Waals surface area contributed by atoms with Gasteiger partial charge in [0.25, 0.3) is 11.8 Å². The highest BCUT2D eigenvalue weighted by molar-refractivity contribution is 7.08. The molecule has 0 saturated carbocycles. The number of aromatic amines is 2. The molecular weight excluding hydrogens is 949 g/mol. The van der Waals surface area contributed by atoms with Crippen molar-refractivity contribution in [2.45, 2.75) is 25.7 Å². The van der Waals surface area contributed by atoms with Gasteiger partial charge in [0, 0.05) is 63.0 Å². The Bertz CT molecular complexity index is 3540. The number of phenolic OH excluding ortho intramolecular Hbond substituents is 2. The number of aromatic hydroxyl groups is 2. The molecule has 4 aromatic heterocycles. The smallest absolute Gasteiger partial charge is 0.255 e. The highest BCUT2D eigenvalue weighted by Gasteiger charge is 2.21. The molecule has 0 aliphatic rings. The first-order chi connectivity index (χ1) is 35.9. The number of rotatable bonds is 16. The zero-order valence-electron chi connectivity index (χ0n) is 39.8. The molecule has 10 aromatic rings. The van der Waals surface area contributed by atoms with Crippen LogP contribution < -0.4 is 22.1 Å². The molecule has 0 fully saturated rings. The summed E-state index contributed by atoms with van der Waals surface area (Å²) in [6.07, 6.45) is 4.82. The second kappa shape index (κ2) is 22.6. The normalized spacial score (nSPS) is 10.8. The van der Waals surface area contributed by atoms with Crippen LogP contribution in [0.4, 0.5) is 22.7 Å². The Labute approximate surface area is 430 Å². The third-order valence-electron chi connectivity index (χ3n) is 12.3. The zero-order chi connectivity index (χ0) is 51.6. The summed E-state index contributed by atoms with van der Waals surface area (Å²) in [5.74, 6) is -0.192. The molecule has 6 aromatic carbocycles. The molecular formula is C60H50N6O7S. The van der Waals surface area contributed by atoms with Crippen molar-refractivity contribution in [1.29, 1.82) is 0 Å². The maximum atomic E-state index is 13.3. The number of nitrogens with one attached hydrogen (secondary N) is 4. The van der Waals surface area contributed by atoms with Gasteiger partial charge in [-0.25, -0.2) is 0 Å². The first kappa shape index (κ1) is 49.3. The van der Waals surface area contributed by atoms with Crippen LogP contribution in [-0.2, 0) is 12.8 Å². The van der Waals surface area contributed by atoms with Crippen LogP contribution >= 0.6 is 11.3 Å². The van der Waals surface area contributed by atoms with Crippen molar-refractivity contribution >= 4 is 57.5 Å². The van der Waals surface area contributed by atoms with E-state index in [4.69, 9.17) is 15.9 Å². The lowest BCUT2D eigenvalue weighted by Crippen LogP contribution is -2.13. The molecule has 0 unspecified atom stereocenters. The van der Waals surface area contributed by atoms with Crippen LogP contribution in [0.15, 0.2) is 198 Å². The van der Waals surface area contributed by atoms with Crippen molar-refractivity contribution in [3.05, 3.63) is 227 Å². The van der Waals surface area contributed by atoms with Gasteiger partial charge < -0.3 is 46.7 Å². The Kier molecular flexibility index (Phi) is 15.1. The maximum Gasteiger partial charge on any atom is 0.255 e. The molecule has 368 valence electrons. The second-order valence-electron chi connectivity index (χ2n) is 17.4. The van der Waals surface area contributed by atoms with Crippen LogP contribution in [0.1, 0.15) is 65.7 Å². The van der Waals surface area contributed by atoms with E-state index in [1.54, 1.807) is 127 Å². The number of anilines is 4. The van der Waals surface area contributed by atoms with E-state index >= 15 is 0 Å². The number of nitrogen functional groups attached to an aromatic ring is 2. The summed E-state index contributed by atoms with van der Waals surface area (Å²) < 4.78 is 5.24. The Morgan fingerprint density at radius 3 is 1.42 bits per heavy atom. The average Bonchev–Trinajstić information content (AvgIpc) is 4.28. The summed E-state index contributed by atoms with van der Waals surface area (Å²) in [5, 5.41) is 28.9. The number of para-hydroxylation sites is 4. The van der Waals surface area contributed by atoms with Gasteiger partial charge in [0.1, 0.15) is 11.5 Å². The fourth-order valence-electron chi connectivity index (χ4n) is 8.25. The number of ketones is 2. The fourth-order valence-corrected chi connectivity index (χ4v) is 8.91. The molecule has 13 nitrogen and oxygen atoms in total. The SMILES string of the molecule is Nc1ccccc1NC(=O)c1ccc(CCC(=O)c2[nH]c(-c3ccc(O)cc3)cc2-c2ccoc2)cc1.Nc1ccccc1NC(=O)c1ccc(CCC(=O)c2[nH]c(-c3ccsc3)cc2-c2ccc(O)cc2)cc1. The van der Waals surface area contributed by atoms with E-state index in [2.05, 4.69) is 20.6 Å². The molecule has 14 heteroatoms. The number of thiophene rings is 1. The monoisotopic (exact) mass is 998 g/mol. The van der Waals surface area contributed by atoms with Crippen LogP contribution in [0, 0.1) is 0 Å². The van der Waals surface area contributed by atoms with Crippen molar-refractivity contribution in [3.8, 4) is 56.3 Å². The minimum Gasteiger partial charge on any atom is -0.508 e. The van der Waals surface area contributed by atoms with E-state index in [0.29, 0.717) is 64.5 Å². The van der Waals surface area contributed by atoms with Crippen molar-refractivity contribution in [3.63, 3.8) is 0 Å². The molecule has 2 amide bonds. The first-order valence-electron chi connectivity index (χ1n) is 23.6. The minimum atomic E-state index is -0.251. The van der Waals surface area contributed by atoms with Crippen molar-refractivity contribution < 1.29 is 33.8 Å². The number of furan rings is 1. The molecule has 0 aliphatic heterocycles. The number of carbonyl (C=O) groups is 4. The number of aryl methyl sites for hydroxylation is 2. The van der Waals surface area contributed by atoms with Crippen molar-refractivity contribution in [2.75, 3.05) is 22.1 Å². The molecule has 0 radical (unpaired) electrons. The zero-order valence-corrected chi connectivity index (χ0v) is 40.6. The minimum absolute atomic E-state index is 0.00840. The number of carbonyl (C=O) groups excluding carboxylic acids is 4. The second-order valence-corrected chi connectivity index (χ2v) is 18.2. The van der Waals surface area contributed by atoms with Crippen LogP contribution in [-0.4, -0.2) is 43.6 Å². The first-order valence-corrected chi connectivity index (χ1v) is 24.6. The van der Waals surface area contributed by atoms with Gasteiger partial charge in [-0.05, 0) is 150 Å². The topological polar surface area (TPSA) is 230 Å². The lowest BCUT2D eigenvalue weighted by Gasteiger charge is -2.08. The Hall–Kier alpha value is -9.66. The fraction of sp³-hybridized carbons (Fsp3) is 0.0667. The van der Waals surface area contributed by atoms with E-state index in [-0.39, 0.29) is 41.3 Å². The predicted molar refractivity (Wildman–Crippen MR) is 293 cm³/mol. The van der Waals surface area contributed by atoms with Gasteiger partial charge in [0.2, 0.25) is 0 Å². The van der Waals surface area contributed by atoms with E-state index in [1.807, 2.05) is 77.5 Å². The van der Waals surface area contributed by atoms with Gasteiger partial charge in [-0.15, -0.1) is 0 Å². The number of H-pyrrole nitrogens is 2. The molecule has 0 aliphatic carbocycles. The number of benzene rings is 6. The van der Waals surface area contributed by atoms with Crippen LogP contribution in [0.5, 0.6) is 11.5 Å². The number of aromatic nitrogens is 2. The number of amides is 2. The average molecular weight is 999 g/mol. The number of phenols is 2. The standard InChI is InChI=1S/C30H25N3O4.C30H25N3O3S/c31-25-3-1-2-4-26(25)33-30(36)21-8-5-19(6-9-21)7-14-28(35)29-24(22-15-16-37-18-22)17-27(32-29)20-10-12-23(34)13-11-20;31-25-3-1-2-4-26(25)33-30(36)21-8-5-19(6-9-21)7-14-28(35)29-24(20-10-12-23(34)13-11-20)17-27(32-29)22-15-16-37-18-22/h2*1-6,8-13,15-18,32,34H,7,14,31H2,(H,33,36). The third-order valence-corrected chi connectivity index (χ3v) is 13.0. The molecule has 0 saturated heterocycles. The Morgan fingerprint density at radius 2 is 0.973 bits per heavy atom. The quantitative estimate of drug-likeness (QED) is 0.0339. The van der Waals surface area contributed by atoms with E-state index in [9.17, 15) is 29.4 Å². The summed E-state index contributed by atoms with van der Waals surface area (Å²) in [6, 6.07) is 50.0. The molecule has 10 rings (SSSR count). The van der Waals surface area contributed by atoms with Gasteiger partial charge in [-0.2, -0.15) is 11.3 Å². The number of Topliss-reactive ketones (excluding diaryl/α,β-unsaturated/α-hetero) is 2. The number of hydrogen-bond acceptors (Lipinski definition) is 10. The third kappa shape index (κ3) is 11.9. The van der Waals surface area contributed by atoms with Gasteiger partial charge in [0.05, 0.1) is 46.7 Å². The largest absolute Gasteiger partial charge is 0.508 e. The van der Waals surface area contributed by atoms with Gasteiger partial charge in [-0.1, -0.05) is 60.7 Å². The lowest BCUT2D eigenvalue weighted by atomic mass is 9.99. The Morgan fingerprint density at radius 1 is 0.514 bits per heavy atom. The predicted octanol–water partition coefficient (Wildman–Crippen LogP) is 13.1. The Balaban J connectivity index is 0.000000182. The summed E-state index contributed by atoms with van der Waals surface area (Å²) in [4.78, 5) is 58.3. The summed E-state index contributed by atoms with van der Waals surface area (Å²) >= 11 is 1.59. The summed E-state index contributed by atoms with van der Waals surface area (Å²) in [7, 11) is 0. The lowest BCUT2D eigenvalue weighted by molar-refractivity contribution is 0.0971. The molecule has 10 N–H and O–H groups in total. The number of nitrogens with two attached hydrogens (primary N) is 2. The molecule has 0 spiro atoms. The van der Waals surface area contributed by atoms with Gasteiger partial charge in [0.15, 0.2) is 11.6 Å². The maximum absolute atomic E-state index is 13.3. The number of hydrogen-bond donors (Lipinski definition) is 8. The summed E-state index contributed by atoms with van der Waals surface area (Å²) in [6.45, 7) is 0. The summed E-state index contributed by atoms with van der Waals surface area (Å²) in [5.41, 5.74) is 24.7. The molecule has 4 heterocycles. The van der Waals surface area contributed by atoms with Crippen LogP contribution in [0.2, 0.25) is 0 Å². The van der Waals surface area contributed by atoms with E-state index in [0.717, 1.165) is 55.9 Å². The van der Waals surface area contributed by atoms with Crippen LogP contribution in [0.3, 0.4) is 0 Å². The highest BCUT2D eigenvalue weighted by atomic mass is 32.1. The van der Waals surface area contributed by atoms with Crippen molar-refractivity contribution in [2.24, 2.45) is 0 Å². The van der Waals surface area contributed by atoms with Gasteiger partial charge >= 0.3 is 0 Å². The van der Waals surface area contributed by atoms with E-state index in [1.165, 1.54) is 0 Å². The molecule has 0 bridgehead atoms. The van der Waals surface area contributed by atoms with Crippen molar-refractivity contribution in [1.82, 2.24) is 9.97 Å². The molecule has 74 heavy (non-hydrogen) atoms.